The van der Waals surface area contributed by atoms with Crippen LogP contribution in [-0.4, -0.2) is 25.0 Å². The van der Waals surface area contributed by atoms with Gasteiger partial charge in [-0.25, -0.2) is 4.39 Å². The van der Waals surface area contributed by atoms with E-state index in [0.717, 1.165) is 25.2 Å². The van der Waals surface area contributed by atoms with E-state index in [0.29, 0.717) is 11.3 Å². The molecule has 0 aliphatic heterocycles. The van der Waals surface area contributed by atoms with Crippen molar-refractivity contribution in [2.75, 3.05) is 0 Å². The van der Waals surface area contributed by atoms with Crippen LogP contribution in [0.2, 0.25) is 0 Å². The quantitative estimate of drug-likeness (QED) is 0.339. The molecule has 0 radical (unpaired) electrons. The molecule has 4 aromatic rings. The first-order valence-electron chi connectivity index (χ1n) is 12.0. The third-order valence-electron chi connectivity index (χ3n) is 6.52. The molecule has 1 aromatic carbocycles. The first-order chi connectivity index (χ1) is 18.1. The number of nitrogens with one attached hydrogen (secondary N) is 2. The van der Waals surface area contributed by atoms with Crippen LogP contribution in [0.25, 0.3) is 11.1 Å². The van der Waals surface area contributed by atoms with Gasteiger partial charge in [0.05, 0.1) is 24.5 Å². The van der Waals surface area contributed by atoms with Crippen molar-refractivity contribution in [3.63, 3.8) is 0 Å². The van der Waals surface area contributed by atoms with Crippen molar-refractivity contribution in [1.82, 2.24) is 24.4 Å². The lowest BCUT2D eigenvalue weighted by Gasteiger charge is -2.19. The number of carbonyl (C=O) groups excluding carboxylic acids is 1. The molecule has 1 amide bonds. The number of pyridine rings is 2. The highest BCUT2D eigenvalue weighted by atomic mass is 19.4. The molecule has 5 rings (SSSR count). The second-order valence-corrected chi connectivity index (χ2v) is 9.37. The number of aromatic nitrogens is 4. The van der Waals surface area contributed by atoms with Crippen molar-refractivity contribution in [3.8, 4) is 11.1 Å². The Balaban J connectivity index is 1.55. The molecule has 1 aliphatic carbocycles. The van der Waals surface area contributed by atoms with E-state index in [1.54, 1.807) is 40.7 Å². The summed E-state index contributed by atoms with van der Waals surface area (Å²) in [6.45, 7) is 0.168. The normalized spacial score (nSPS) is 14.3. The van der Waals surface area contributed by atoms with E-state index >= 15 is 0 Å². The zero-order chi connectivity index (χ0) is 27.0. The van der Waals surface area contributed by atoms with E-state index in [1.165, 1.54) is 30.3 Å². The van der Waals surface area contributed by atoms with Crippen LogP contribution < -0.4 is 10.9 Å². The molecular weight excluding hydrogens is 500 g/mol. The van der Waals surface area contributed by atoms with Gasteiger partial charge in [0.1, 0.15) is 5.82 Å². The zero-order valence-electron chi connectivity index (χ0n) is 20.3. The number of amides is 1. The van der Waals surface area contributed by atoms with E-state index in [9.17, 15) is 22.4 Å². The third kappa shape index (κ3) is 5.36. The third-order valence-corrected chi connectivity index (χ3v) is 6.52. The summed E-state index contributed by atoms with van der Waals surface area (Å²) in [7, 11) is 1.71. The van der Waals surface area contributed by atoms with Gasteiger partial charge in [-0.3, -0.25) is 20.2 Å². The van der Waals surface area contributed by atoms with Gasteiger partial charge >= 0.3 is 6.18 Å². The van der Waals surface area contributed by atoms with Gasteiger partial charge in [-0.15, -0.1) is 0 Å². The predicted molar refractivity (Wildman–Crippen MR) is 130 cm³/mol. The first-order valence-corrected chi connectivity index (χ1v) is 12.0. The number of rotatable bonds is 7. The summed E-state index contributed by atoms with van der Waals surface area (Å²) in [5.74, 6) is -0.839. The zero-order valence-corrected chi connectivity index (χ0v) is 20.3. The lowest BCUT2D eigenvalue weighted by Crippen LogP contribution is -2.30. The molecule has 1 atom stereocenters. The highest BCUT2D eigenvalue weighted by Crippen LogP contribution is 2.41. The summed E-state index contributed by atoms with van der Waals surface area (Å²) in [5.41, 5.74) is 0.378. The molecule has 3 heterocycles. The van der Waals surface area contributed by atoms with Gasteiger partial charge in [0.2, 0.25) is 5.62 Å². The fourth-order valence-corrected chi connectivity index (χ4v) is 4.44. The van der Waals surface area contributed by atoms with Crippen LogP contribution in [-0.2, 0) is 19.8 Å². The lowest BCUT2D eigenvalue weighted by molar-refractivity contribution is -0.140. The average molecular weight is 525 g/mol. The SMILES string of the molecule is Cn1ccn(Cc2cc(C(=O)NC(c3ccc(F)cn3)C3CC3)cc(-c3cccnc3C(F)(F)F)c2)c1=N. The van der Waals surface area contributed by atoms with Gasteiger partial charge in [-0.2, -0.15) is 13.2 Å². The molecule has 3 aromatic heterocycles. The molecule has 7 nitrogen and oxygen atoms in total. The number of aryl methyl sites for hydroxylation is 1. The van der Waals surface area contributed by atoms with Gasteiger partial charge in [0.15, 0.2) is 5.69 Å². The van der Waals surface area contributed by atoms with Crippen molar-refractivity contribution in [2.45, 2.75) is 31.6 Å². The van der Waals surface area contributed by atoms with Gasteiger partial charge in [0, 0.05) is 36.8 Å². The number of benzene rings is 1. The van der Waals surface area contributed by atoms with Crippen LogP contribution >= 0.6 is 0 Å². The smallest absolute Gasteiger partial charge is 0.343 e. The summed E-state index contributed by atoms with van der Waals surface area (Å²) in [4.78, 5) is 21.2. The topological polar surface area (TPSA) is 88.6 Å². The summed E-state index contributed by atoms with van der Waals surface area (Å²) in [6, 6.07) is 9.65. The minimum absolute atomic E-state index is 0.139. The highest BCUT2D eigenvalue weighted by molar-refractivity contribution is 5.96. The monoisotopic (exact) mass is 524 g/mol. The molecule has 1 fully saturated rings. The maximum Gasteiger partial charge on any atom is 0.433 e. The summed E-state index contributed by atoms with van der Waals surface area (Å²) in [5, 5.41) is 11.2. The Morgan fingerprint density at radius 3 is 2.58 bits per heavy atom. The molecule has 1 saturated carbocycles. The Hall–Kier alpha value is -4.28. The molecule has 0 bridgehead atoms. The molecular formula is C27H24F4N6O. The fourth-order valence-electron chi connectivity index (χ4n) is 4.44. The Morgan fingerprint density at radius 1 is 1.16 bits per heavy atom. The van der Waals surface area contributed by atoms with Crippen molar-refractivity contribution in [1.29, 1.82) is 5.41 Å². The number of carbonyl (C=O) groups is 1. The molecule has 2 N–H and O–H groups in total. The maximum atomic E-state index is 13.8. The highest BCUT2D eigenvalue weighted by Gasteiger charge is 2.36. The van der Waals surface area contributed by atoms with Crippen LogP contribution in [0, 0.1) is 17.1 Å². The minimum Gasteiger partial charge on any atom is -0.343 e. The summed E-state index contributed by atoms with van der Waals surface area (Å²) < 4.78 is 57.9. The lowest BCUT2D eigenvalue weighted by atomic mass is 9.97. The average Bonchev–Trinajstić information content (AvgIpc) is 3.69. The number of halogens is 4. The predicted octanol–water partition coefficient (Wildman–Crippen LogP) is 4.85. The van der Waals surface area contributed by atoms with Crippen molar-refractivity contribution in [2.24, 2.45) is 13.0 Å². The molecule has 196 valence electrons. The minimum atomic E-state index is -4.69. The second-order valence-electron chi connectivity index (χ2n) is 9.37. The second kappa shape index (κ2) is 9.88. The van der Waals surface area contributed by atoms with E-state index in [-0.39, 0.29) is 34.8 Å². The van der Waals surface area contributed by atoms with E-state index in [1.807, 2.05) is 0 Å². The van der Waals surface area contributed by atoms with Crippen LogP contribution in [0.15, 0.2) is 67.3 Å². The van der Waals surface area contributed by atoms with Crippen LogP contribution in [0.3, 0.4) is 0 Å². The van der Waals surface area contributed by atoms with Crippen molar-refractivity contribution in [3.05, 3.63) is 101 Å². The number of hydrogen-bond acceptors (Lipinski definition) is 4. The van der Waals surface area contributed by atoms with Crippen molar-refractivity contribution >= 4 is 5.91 Å². The van der Waals surface area contributed by atoms with Gasteiger partial charge in [0.25, 0.3) is 5.91 Å². The summed E-state index contributed by atoms with van der Waals surface area (Å²) >= 11 is 0. The molecule has 0 spiro atoms. The largest absolute Gasteiger partial charge is 0.433 e. The van der Waals surface area contributed by atoms with Gasteiger partial charge < -0.3 is 14.5 Å². The van der Waals surface area contributed by atoms with Gasteiger partial charge in [-0.1, -0.05) is 6.07 Å². The van der Waals surface area contributed by atoms with E-state index in [4.69, 9.17) is 5.41 Å². The van der Waals surface area contributed by atoms with Crippen molar-refractivity contribution < 1.29 is 22.4 Å². The number of hydrogen-bond donors (Lipinski definition) is 2. The number of alkyl halides is 3. The molecule has 0 saturated heterocycles. The Morgan fingerprint density at radius 2 is 1.95 bits per heavy atom. The van der Waals surface area contributed by atoms with Crippen LogP contribution in [0.5, 0.6) is 0 Å². The molecule has 38 heavy (non-hydrogen) atoms. The van der Waals surface area contributed by atoms with Crippen LogP contribution in [0.1, 0.15) is 46.2 Å². The van der Waals surface area contributed by atoms with E-state index < -0.39 is 29.6 Å². The Labute approximate surface area is 215 Å². The molecule has 1 unspecified atom stereocenters. The Kier molecular flexibility index (Phi) is 6.60. The number of nitrogens with zero attached hydrogens (tertiary/aromatic N) is 4. The molecule has 11 heteroatoms. The maximum absolute atomic E-state index is 13.8. The Bertz CT molecular complexity index is 1540. The van der Waals surface area contributed by atoms with E-state index in [2.05, 4.69) is 15.3 Å². The number of imidazole rings is 1. The summed E-state index contributed by atoms with van der Waals surface area (Å²) in [6.07, 6.45) is 2.59. The van der Waals surface area contributed by atoms with Gasteiger partial charge in [-0.05, 0) is 66.3 Å². The fraction of sp³-hybridized carbons (Fsp3) is 0.259. The standard InChI is InChI=1S/C27H24F4N6O/c1-36-9-10-37(26(36)32)15-16-11-18(21-3-2-8-33-24(21)27(29,30)31)13-19(12-16)25(38)35-23(17-4-5-17)22-7-6-20(28)14-34-22/h2-3,6-14,17,23,32H,4-5,15H2,1H3,(H,35,38). The molecule has 1 aliphatic rings. The first kappa shape index (κ1) is 25.4. The van der Waals surface area contributed by atoms with Crippen LogP contribution in [0.4, 0.5) is 17.6 Å².